The fourth-order valence-corrected chi connectivity index (χ4v) is 2.54. The van der Waals surface area contributed by atoms with Gasteiger partial charge in [-0.15, -0.1) is 11.6 Å². The third kappa shape index (κ3) is 5.37. The number of benzene rings is 2. The summed E-state index contributed by atoms with van der Waals surface area (Å²) in [7, 11) is 0. The van der Waals surface area contributed by atoms with E-state index >= 15 is 0 Å². The van der Waals surface area contributed by atoms with Crippen LogP contribution >= 0.6 is 11.6 Å². The molecule has 21 heavy (non-hydrogen) atoms. The molecule has 0 saturated heterocycles. The van der Waals surface area contributed by atoms with Crippen LogP contribution in [-0.2, 0) is 6.54 Å². The molecule has 0 amide bonds. The molecule has 2 aromatic rings. The SMILES string of the molecule is Cc1ccccc1C=CCN(CCCl)Cc1ccccc1. The highest BCUT2D eigenvalue weighted by Crippen LogP contribution is 2.10. The number of nitrogens with zero attached hydrogens (tertiary/aromatic N) is 1. The summed E-state index contributed by atoms with van der Waals surface area (Å²) in [6.45, 7) is 4.89. The van der Waals surface area contributed by atoms with Gasteiger partial charge >= 0.3 is 0 Å². The van der Waals surface area contributed by atoms with Crippen LogP contribution in [0.2, 0.25) is 0 Å². The van der Waals surface area contributed by atoms with Crippen LogP contribution in [-0.4, -0.2) is 23.9 Å². The average Bonchev–Trinajstić information content (AvgIpc) is 2.50. The molecule has 0 saturated carbocycles. The maximum Gasteiger partial charge on any atom is 0.0351 e. The molecule has 2 rings (SSSR count). The zero-order chi connectivity index (χ0) is 14.9. The second kappa shape index (κ2) is 8.66. The van der Waals surface area contributed by atoms with Crippen molar-refractivity contribution in [3.63, 3.8) is 0 Å². The Labute approximate surface area is 132 Å². The summed E-state index contributed by atoms with van der Waals surface area (Å²) in [4.78, 5) is 2.36. The Kier molecular flexibility index (Phi) is 6.52. The van der Waals surface area contributed by atoms with Crippen molar-refractivity contribution in [3.05, 3.63) is 77.4 Å². The van der Waals surface area contributed by atoms with Gasteiger partial charge in [0.15, 0.2) is 0 Å². The van der Waals surface area contributed by atoms with E-state index in [-0.39, 0.29) is 0 Å². The Bertz CT molecular complexity index is 563. The molecule has 0 atom stereocenters. The molecule has 0 fully saturated rings. The number of alkyl halides is 1. The Morgan fingerprint density at radius 2 is 1.71 bits per heavy atom. The zero-order valence-corrected chi connectivity index (χ0v) is 13.3. The molecule has 0 aliphatic carbocycles. The first-order valence-electron chi connectivity index (χ1n) is 7.34. The molecule has 0 radical (unpaired) electrons. The van der Waals surface area contributed by atoms with Crippen molar-refractivity contribution in [2.45, 2.75) is 13.5 Å². The van der Waals surface area contributed by atoms with Crippen molar-refractivity contribution >= 4 is 17.7 Å². The number of rotatable bonds is 7. The monoisotopic (exact) mass is 299 g/mol. The normalized spacial score (nSPS) is 11.4. The van der Waals surface area contributed by atoms with E-state index in [1.165, 1.54) is 16.7 Å². The van der Waals surface area contributed by atoms with Crippen molar-refractivity contribution in [3.8, 4) is 0 Å². The van der Waals surface area contributed by atoms with Crippen LogP contribution in [0, 0.1) is 6.92 Å². The van der Waals surface area contributed by atoms with E-state index in [0.29, 0.717) is 5.88 Å². The highest BCUT2D eigenvalue weighted by atomic mass is 35.5. The van der Waals surface area contributed by atoms with Crippen LogP contribution in [0.4, 0.5) is 0 Å². The van der Waals surface area contributed by atoms with Gasteiger partial charge in [-0.3, -0.25) is 4.90 Å². The summed E-state index contributed by atoms with van der Waals surface area (Å²) in [6, 6.07) is 19.0. The highest BCUT2D eigenvalue weighted by molar-refractivity contribution is 6.18. The summed E-state index contributed by atoms with van der Waals surface area (Å²) in [5, 5.41) is 0. The molecule has 2 heteroatoms. The quantitative estimate of drug-likeness (QED) is 0.667. The first-order chi connectivity index (χ1) is 10.3. The lowest BCUT2D eigenvalue weighted by atomic mass is 10.1. The molecule has 0 N–H and O–H groups in total. The van der Waals surface area contributed by atoms with E-state index in [1.807, 2.05) is 6.07 Å². The van der Waals surface area contributed by atoms with Crippen LogP contribution in [0.3, 0.4) is 0 Å². The predicted octanol–water partition coefficient (Wildman–Crippen LogP) is 4.75. The van der Waals surface area contributed by atoms with E-state index in [0.717, 1.165) is 19.6 Å². The summed E-state index contributed by atoms with van der Waals surface area (Å²) in [6.07, 6.45) is 4.42. The van der Waals surface area contributed by atoms with Gasteiger partial charge in [-0.25, -0.2) is 0 Å². The number of halogens is 1. The first-order valence-corrected chi connectivity index (χ1v) is 7.87. The molecule has 0 bridgehead atoms. The topological polar surface area (TPSA) is 3.24 Å². The molecule has 0 heterocycles. The van der Waals surface area contributed by atoms with Gasteiger partial charge in [-0.2, -0.15) is 0 Å². The van der Waals surface area contributed by atoms with E-state index in [4.69, 9.17) is 11.6 Å². The first kappa shape index (κ1) is 15.8. The van der Waals surface area contributed by atoms with E-state index in [9.17, 15) is 0 Å². The molecule has 0 unspecified atom stereocenters. The number of hydrogen-bond acceptors (Lipinski definition) is 1. The van der Waals surface area contributed by atoms with E-state index < -0.39 is 0 Å². The second-order valence-corrected chi connectivity index (χ2v) is 5.55. The maximum atomic E-state index is 5.92. The standard InChI is InChI=1S/C19H22ClN/c1-17-8-5-6-11-19(17)12-7-14-21(15-13-20)16-18-9-3-2-4-10-18/h2-12H,13-16H2,1H3. The summed E-state index contributed by atoms with van der Waals surface area (Å²) in [5.74, 6) is 0.658. The molecule has 0 aliphatic rings. The van der Waals surface area contributed by atoms with Gasteiger partial charge in [0, 0.05) is 25.5 Å². The Hall–Kier alpha value is -1.57. The zero-order valence-electron chi connectivity index (χ0n) is 12.5. The van der Waals surface area contributed by atoms with Gasteiger partial charge < -0.3 is 0 Å². The third-order valence-corrected chi connectivity index (χ3v) is 3.67. The molecule has 0 spiro atoms. The van der Waals surface area contributed by atoms with Gasteiger partial charge in [-0.05, 0) is 23.6 Å². The Balaban J connectivity index is 1.95. The molecule has 0 aliphatic heterocycles. The number of hydrogen-bond donors (Lipinski definition) is 0. The van der Waals surface area contributed by atoms with Gasteiger partial charge in [0.2, 0.25) is 0 Å². The minimum Gasteiger partial charge on any atom is -0.294 e. The maximum absolute atomic E-state index is 5.92. The van der Waals surface area contributed by atoms with Crippen molar-refractivity contribution in [1.29, 1.82) is 0 Å². The summed E-state index contributed by atoms with van der Waals surface area (Å²) >= 11 is 5.92. The lowest BCUT2D eigenvalue weighted by molar-refractivity contribution is 0.313. The van der Waals surface area contributed by atoms with Gasteiger partial charge in [0.25, 0.3) is 0 Å². The average molecular weight is 300 g/mol. The second-order valence-electron chi connectivity index (χ2n) is 5.17. The van der Waals surface area contributed by atoms with E-state index in [1.54, 1.807) is 0 Å². The van der Waals surface area contributed by atoms with Crippen LogP contribution in [0.25, 0.3) is 6.08 Å². The smallest absolute Gasteiger partial charge is 0.0351 e. The number of aryl methyl sites for hydroxylation is 1. The van der Waals surface area contributed by atoms with Crippen LogP contribution in [0.1, 0.15) is 16.7 Å². The predicted molar refractivity (Wildman–Crippen MR) is 92.7 cm³/mol. The van der Waals surface area contributed by atoms with Crippen LogP contribution in [0.15, 0.2) is 60.7 Å². The van der Waals surface area contributed by atoms with Crippen molar-refractivity contribution in [2.75, 3.05) is 19.0 Å². The Morgan fingerprint density at radius 3 is 2.43 bits per heavy atom. The van der Waals surface area contributed by atoms with Crippen LogP contribution in [0.5, 0.6) is 0 Å². The Morgan fingerprint density at radius 1 is 1.00 bits per heavy atom. The summed E-state index contributed by atoms with van der Waals surface area (Å²) in [5.41, 5.74) is 3.91. The van der Waals surface area contributed by atoms with Gasteiger partial charge in [-0.1, -0.05) is 66.7 Å². The molecule has 0 aromatic heterocycles. The fraction of sp³-hybridized carbons (Fsp3) is 0.263. The minimum absolute atomic E-state index is 0.658. The molecule has 1 nitrogen and oxygen atoms in total. The molecular weight excluding hydrogens is 278 g/mol. The largest absolute Gasteiger partial charge is 0.294 e. The minimum atomic E-state index is 0.658. The molecule has 110 valence electrons. The molecular formula is C19H22ClN. The van der Waals surface area contributed by atoms with Crippen molar-refractivity contribution < 1.29 is 0 Å². The van der Waals surface area contributed by atoms with Crippen LogP contribution < -0.4 is 0 Å². The van der Waals surface area contributed by atoms with Crippen molar-refractivity contribution in [2.24, 2.45) is 0 Å². The lowest BCUT2D eigenvalue weighted by Crippen LogP contribution is -2.25. The summed E-state index contributed by atoms with van der Waals surface area (Å²) < 4.78 is 0. The van der Waals surface area contributed by atoms with Gasteiger partial charge in [0.05, 0.1) is 0 Å². The highest BCUT2D eigenvalue weighted by Gasteiger charge is 2.03. The lowest BCUT2D eigenvalue weighted by Gasteiger charge is -2.19. The van der Waals surface area contributed by atoms with E-state index in [2.05, 4.69) is 72.5 Å². The fourth-order valence-electron chi connectivity index (χ4n) is 2.30. The molecule has 2 aromatic carbocycles. The third-order valence-electron chi connectivity index (χ3n) is 3.50. The van der Waals surface area contributed by atoms with Gasteiger partial charge in [0.1, 0.15) is 0 Å². The van der Waals surface area contributed by atoms with Crippen molar-refractivity contribution in [1.82, 2.24) is 4.90 Å².